The van der Waals surface area contributed by atoms with Gasteiger partial charge >= 0.3 is 0 Å². The van der Waals surface area contributed by atoms with Gasteiger partial charge in [-0.15, -0.1) is 0 Å². The van der Waals surface area contributed by atoms with Gasteiger partial charge in [0.15, 0.2) is 5.79 Å². The van der Waals surface area contributed by atoms with E-state index in [4.69, 9.17) is 23.7 Å². The standard InChI is InChI=1S/C30H44O5/c1-28-13-11-23(33-20-31-3)17-22(28)9-10-24-25-12-14-30(34-15-16-35-30)29(25,2)18-26(27(24)28)32-19-21-7-5-4-6-8-21/h4-8,22-27H,9-20H2,1-3H3/t22-,23+,24-,25-,26-,27+,28-,29-/m0/s1. The lowest BCUT2D eigenvalue weighted by atomic mass is 9.44. The van der Waals surface area contributed by atoms with Gasteiger partial charge in [0.1, 0.15) is 6.79 Å². The van der Waals surface area contributed by atoms with Crippen LogP contribution in [0, 0.1) is 34.5 Å². The van der Waals surface area contributed by atoms with Crippen LogP contribution in [-0.4, -0.2) is 45.1 Å². The van der Waals surface area contributed by atoms with Crippen LogP contribution in [0.25, 0.3) is 0 Å². The fourth-order valence-corrected chi connectivity index (χ4v) is 9.44. The molecule has 35 heavy (non-hydrogen) atoms. The molecular formula is C30H44O5. The van der Waals surface area contributed by atoms with Gasteiger partial charge in [0.25, 0.3) is 0 Å². The molecular weight excluding hydrogens is 440 g/mol. The van der Waals surface area contributed by atoms with Gasteiger partial charge in [0, 0.05) is 18.9 Å². The maximum absolute atomic E-state index is 6.96. The molecule has 0 N–H and O–H groups in total. The Hall–Kier alpha value is -0.980. The van der Waals surface area contributed by atoms with Crippen molar-refractivity contribution in [3.05, 3.63) is 35.9 Å². The molecule has 5 heteroatoms. The van der Waals surface area contributed by atoms with Crippen LogP contribution in [-0.2, 0) is 30.3 Å². The summed E-state index contributed by atoms with van der Waals surface area (Å²) < 4.78 is 31.1. The van der Waals surface area contributed by atoms with Crippen LogP contribution in [0.3, 0.4) is 0 Å². The normalized spacial score (nSPS) is 44.1. The van der Waals surface area contributed by atoms with Gasteiger partial charge in [0.2, 0.25) is 0 Å². The summed E-state index contributed by atoms with van der Waals surface area (Å²) in [5, 5.41) is 0. The van der Waals surface area contributed by atoms with Crippen LogP contribution in [0.1, 0.15) is 70.8 Å². The highest BCUT2D eigenvalue weighted by atomic mass is 16.7. The van der Waals surface area contributed by atoms with Crippen molar-refractivity contribution in [3.63, 3.8) is 0 Å². The van der Waals surface area contributed by atoms with Crippen molar-refractivity contribution in [2.75, 3.05) is 27.1 Å². The number of benzene rings is 1. The van der Waals surface area contributed by atoms with Gasteiger partial charge in [0.05, 0.1) is 32.0 Å². The van der Waals surface area contributed by atoms with Gasteiger partial charge in [-0.1, -0.05) is 44.2 Å². The van der Waals surface area contributed by atoms with Crippen LogP contribution < -0.4 is 0 Å². The number of methoxy groups -OCH3 is 1. The summed E-state index contributed by atoms with van der Waals surface area (Å²) in [6.45, 7) is 7.62. The molecule has 1 aromatic rings. The molecule has 0 unspecified atom stereocenters. The van der Waals surface area contributed by atoms with Crippen molar-refractivity contribution in [3.8, 4) is 0 Å². The Kier molecular flexibility index (Phi) is 6.54. The molecule has 5 aliphatic rings. The van der Waals surface area contributed by atoms with Gasteiger partial charge in [-0.25, -0.2) is 0 Å². The molecule has 0 bridgehead atoms. The molecule has 1 aromatic carbocycles. The summed E-state index contributed by atoms with van der Waals surface area (Å²) in [7, 11) is 1.72. The first kappa shape index (κ1) is 24.4. The second-order valence-electron chi connectivity index (χ2n) is 12.5. The van der Waals surface area contributed by atoms with E-state index in [1.807, 2.05) is 0 Å². The quantitative estimate of drug-likeness (QED) is 0.467. The van der Waals surface area contributed by atoms with E-state index in [0.717, 1.165) is 38.9 Å². The average molecular weight is 485 g/mol. The van der Waals surface area contributed by atoms with E-state index >= 15 is 0 Å². The Balaban J connectivity index is 1.30. The minimum absolute atomic E-state index is 0.0218. The Labute approximate surface area is 211 Å². The zero-order chi connectivity index (χ0) is 24.1. The van der Waals surface area contributed by atoms with Crippen LogP contribution in [0.5, 0.6) is 0 Å². The average Bonchev–Trinajstić information content (AvgIpc) is 3.47. The lowest BCUT2D eigenvalue weighted by Crippen LogP contribution is -2.62. The molecule has 4 saturated carbocycles. The highest BCUT2D eigenvalue weighted by molar-refractivity contribution is 5.17. The summed E-state index contributed by atoms with van der Waals surface area (Å²) in [4.78, 5) is 0. The van der Waals surface area contributed by atoms with Gasteiger partial charge in [-0.05, 0) is 79.6 Å². The molecule has 5 nitrogen and oxygen atoms in total. The molecule has 1 spiro atoms. The highest BCUT2D eigenvalue weighted by Crippen LogP contribution is 2.70. The molecule has 194 valence electrons. The van der Waals surface area contributed by atoms with Crippen molar-refractivity contribution in [1.29, 1.82) is 0 Å². The lowest BCUT2D eigenvalue weighted by Gasteiger charge is -2.63. The lowest BCUT2D eigenvalue weighted by molar-refractivity contribution is -0.272. The molecule has 0 aromatic heterocycles. The molecule has 6 rings (SSSR count). The molecule has 1 saturated heterocycles. The summed E-state index contributed by atoms with van der Waals surface area (Å²) in [5.74, 6) is 2.21. The zero-order valence-electron chi connectivity index (χ0n) is 21.9. The van der Waals surface area contributed by atoms with Crippen molar-refractivity contribution in [2.45, 2.75) is 89.8 Å². The molecule has 8 atom stereocenters. The van der Waals surface area contributed by atoms with E-state index in [1.165, 1.54) is 31.2 Å². The van der Waals surface area contributed by atoms with Crippen molar-refractivity contribution < 1.29 is 23.7 Å². The van der Waals surface area contributed by atoms with Crippen LogP contribution >= 0.6 is 0 Å². The third kappa shape index (κ3) is 3.92. The van der Waals surface area contributed by atoms with E-state index in [2.05, 4.69) is 44.2 Å². The summed E-state index contributed by atoms with van der Waals surface area (Å²) >= 11 is 0. The maximum Gasteiger partial charge on any atom is 0.174 e. The fraction of sp³-hybridized carbons (Fsp3) is 0.800. The minimum atomic E-state index is -0.402. The first-order valence-electron chi connectivity index (χ1n) is 14.0. The van der Waals surface area contributed by atoms with E-state index in [1.54, 1.807) is 7.11 Å². The van der Waals surface area contributed by atoms with Gasteiger partial charge in [-0.2, -0.15) is 0 Å². The SMILES string of the molecule is COCO[C@@H]1CC[C@@]2(C)[C@@H](CC[C@@H]3[C@@H]2[C@@H](OCc2ccccc2)C[C@@]2(C)[C@H]3CCC23OCCO3)C1. The van der Waals surface area contributed by atoms with Crippen molar-refractivity contribution in [2.24, 2.45) is 34.5 Å². The third-order valence-corrected chi connectivity index (χ3v) is 11.1. The van der Waals surface area contributed by atoms with Crippen LogP contribution in [0.4, 0.5) is 0 Å². The van der Waals surface area contributed by atoms with Crippen LogP contribution in [0.2, 0.25) is 0 Å². The monoisotopic (exact) mass is 484 g/mol. The first-order valence-corrected chi connectivity index (χ1v) is 14.0. The molecule has 5 fully saturated rings. The van der Waals surface area contributed by atoms with E-state index < -0.39 is 5.79 Å². The second-order valence-corrected chi connectivity index (χ2v) is 12.5. The zero-order valence-corrected chi connectivity index (χ0v) is 21.9. The number of rotatable bonds is 6. The summed E-state index contributed by atoms with van der Waals surface area (Å²) in [6.07, 6.45) is 9.97. The number of fused-ring (bicyclic) bond motifs is 6. The second kappa shape index (κ2) is 9.40. The Morgan fingerprint density at radius 2 is 1.74 bits per heavy atom. The number of hydrogen-bond donors (Lipinski definition) is 0. The molecule has 0 amide bonds. The Bertz CT molecular complexity index is 869. The topological polar surface area (TPSA) is 46.2 Å². The largest absolute Gasteiger partial charge is 0.373 e. The van der Waals surface area contributed by atoms with E-state index in [9.17, 15) is 0 Å². The maximum atomic E-state index is 6.96. The number of hydrogen-bond acceptors (Lipinski definition) is 5. The van der Waals surface area contributed by atoms with Gasteiger partial charge in [-0.3, -0.25) is 0 Å². The Morgan fingerprint density at radius 3 is 2.51 bits per heavy atom. The molecule has 4 aliphatic carbocycles. The molecule has 1 aliphatic heterocycles. The minimum Gasteiger partial charge on any atom is -0.373 e. The van der Waals surface area contributed by atoms with Crippen molar-refractivity contribution in [1.82, 2.24) is 0 Å². The first-order chi connectivity index (χ1) is 17.0. The summed E-state index contributed by atoms with van der Waals surface area (Å²) in [5.41, 5.74) is 1.58. The molecule has 1 heterocycles. The fourth-order valence-electron chi connectivity index (χ4n) is 9.44. The highest BCUT2D eigenvalue weighted by Gasteiger charge is 2.69. The number of ether oxygens (including phenoxy) is 5. The Morgan fingerprint density at radius 1 is 0.943 bits per heavy atom. The van der Waals surface area contributed by atoms with Gasteiger partial charge < -0.3 is 23.7 Å². The molecule has 0 radical (unpaired) electrons. The predicted octanol–water partition coefficient (Wildman–Crippen LogP) is 5.96. The smallest absolute Gasteiger partial charge is 0.174 e. The van der Waals surface area contributed by atoms with Crippen molar-refractivity contribution >= 4 is 0 Å². The third-order valence-electron chi connectivity index (χ3n) is 11.1. The van der Waals surface area contributed by atoms with Crippen LogP contribution in [0.15, 0.2) is 30.3 Å². The predicted molar refractivity (Wildman–Crippen MR) is 134 cm³/mol. The van der Waals surface area contributed by atoms with E-state index in [-0.39, 0.29) is 11.5 Å². The van der Waals surface area contributed by atoms with E-state index in [0.29, 0.717) is 48.6 Å². The summed E-state index contributed by atoms with van der Waals surface area (Å²) in [6, 6.07) is 10.7.